The molecule has 1 aliphatic carbocycles. The lowest BCUT2D eigenvalue weighted by Crippen LogP contribution is -2.24. The van der Waals surface area contributed by atoms with Crippen molar-refractivity contribution in [2.24, 2.45) is 5.92 Å². The molecule has 0 spiro atoms. The van der Waals surface area contributed by atoms with E-state index in [1.165, 1.54) is 17.8 Å². The molecule has 1 aliphatic rings. The third kappa shape index (κ3) is 4.32. The van der Waals surface area contributed by atoms with Crippen molar-refractivity contribution in [3.63, 3.8) is 0 Å². The molecule has 0 saturated heterocycles. The number of carbonyl (C=O) groups is 1. The number of benzene rings is 1. The number of carbonyl (C=O) groups excluding carboxylic acids is 1. The molecule has 1 amide bonds. The summed E-state index contributed by atoms with van der Waals surface area (Å²) < 4.78 is 5.65. The van der Waals surface area contributed by atoms with Crippen LogP contribution in [0.3, 0.4) is 0 Å². The maximum atomic E-state index is 12.3. The molecule has 2 aromatic rings. The van der Waals surface area contributed by atoms with E-state index in [4.69, 9.17) is 4.74 Å². The lowest BCUT2D eigenvalue weighted by Gasteiger charge is -2.19. The summed E-state index contributed by atoms with van der Waals surface area (Å²) in [6, 6.07) is 7.82. The third-order valence-corrected chi connectivity index (χ3v) is 5.07. The van der Waals surface area contributed by atoms with Crippen LogP contribution in [0.2, 0.25) is 0 Å². The van der Waals surface area contributed by atoms with Crippen LogP contribution in [0.15, 0.2) is 24.3 Å². The molecule has 1 aromatic heterocycles. The number of amides is 1. The Labute approximate surface area is 146 Å². The molecule has 0 unspecified atom stereocenters. The fourth-order valence-corrected chi connectivity index (χ4v) is 3.64. The quantitative estimate of drug-likeness (QED) is 0.836. The summed E-state index contributed by atoms with van der Waals surface area (Å²) in [7, 11) is 0. The molecule has 3 rings (SSSR count). The number of hydrogen-bond acceptors (Lipinski definition) is 5. The molecule has 1 fully saturated rings. The van der Waals surface area contributed by atoms with Crippen LogP contribution >= 0.6 is 11.3 Å². The molecule has 128 valence electrons. The molecule has 1 N–H and O–H groups in total. The van der Waals surface area contributed by atoms with E-state index in [1.807, 2.05) is 24.3 Å². The minimum atomic E-state index is 0.0810. The smallest absolute Gasteiger partial charge is 0.229 e. The van der Waals surface area contributed by atoms with Crippen LogP contribution in [0.4, 0.5) is 5.13 Å². The fraction of sp³-hybridized carbons (Fsp3) is 0.500. The molecular weight excluding hydrogens is 322 g/mol. The summed E-state index contributed by atoms with van der Waals surface area (Å²) in [4.78, 5) is 12.3. The van der Waals surface area contributed by atoms with Crippen LogP contribution in [-0.2, 0) is 4.79 Å². The maximum absolute atomic E-state index is 12.3. The highest BCUT2D eigenvalue weighted by Gasteiger charge is 2.22. The lowest BCUT2D eigenvalue weighted by molar-refractivity contribution is -0.120. The van der Waals surface area contributed by atoms with E-state index in [1.54, 1.807) is 0 Å². The van der Waals surface area contributed by atoms with Crippen LogP contribution < -0.4 is 10.1 Å². The normalized spacial score (nSPS) is 15.2. The third-order valence-electron chi connectivity index (χ3n) is 4.18. The van der Waals surface area contributed by atoms with Crippen molar-refractivity contribution in [1.29, 1.82) is 0 Å². The largest absolute Gasteiger partial charge is 0.494 e. The Morgan fingerprint density at radius 1 is 1.29 bits per heavy atom. The molecule has 5 nitrogen and oxygen atoms in total. The SMILES string of the molecule is CCCOc1cccc(-c2nnc(NC(=O)C3CCCCC3)s2)c1. The van der Waals surface area contributed by atoms with E-state index in [0.29, 0.717) is 11.7 Å². The predicted octanol–water partition coefficient (Wildman–Crippen LogP) is 4.51. The summed E-state index contributed by atoms with van der Waals surface area (Å²) in [6.45, 7) is 2.78. The Morgan fingerprint density at radius 2 is 2.12 bits per heavy atom. The molecule has 0 radical (unpaired) electrons. The van der Waals surface area contributed by atoms with Gasteiger partial charge < -0.3 is 10.1 Å². The highest BCUT2D eigenvalue weighted by molar-refractivity contribution is 7.18. The van der Waals surface area contributed by atoms with Crippen molar-refractivity contribution < 1.29 is 9.53 Å². The maximum Gasteiger partial charge on any atom is 0.229 e. The molecular formula is C18H23N3O2S. The second-order valence-electron chi connectivity index (χ2n) is 6.11. The van der Waals surface area contributed by atoms with Crippen LogP contribution in [-0.4, -0.2) is 22.7 Å². The second-order valence-corrected chi connectivity index (χ2v) is 7.09. The minimum absolute atomic E-state index is 0.0810. The number of aromatic nitrogens is 2. The van der Waals surface area contributed by atoms with Gasteiger partial charge in [-0.3, -0.25) is 4.79 Å². The average molecular weight is 345 g/mol. The van der Waals surface area contributed by atoms with Gasteiger partial charge in [0.05, 0.1) is 6.61 Å². The van der Waals surface area contributed by atoms with Crippen LogP contribution in [0.25, 0.3) is 10.6 Å². The molecule has 24 heavy (non-hydrogen) atoms. The van der Waals surface area contributed by atoms with E-state index in [2.05, 4.69) is 22.4 Å². The molecule has 1 saturated carbocycles. The lowest BCUT2D eigenvalue weighted by atomic mass is 9.89. The van der Waals surface area contributed by atoms with E-state index >= 15 is 0 Å². The summed E-state index contributed by atoms with van der Waals surface area (Å²) in [6.07, 6.45) is 6.46. The number of ether oxygens (including phenoxy) is 1. The van der Waals surface area contributed by atoms with Gasteiger partial charge in [-0.15, -0.1) is 10.2 Å². The van der Waals surface area contributed by atoms with Crippen LogP contribution in [0, 0.1) is 5.92 Å². The number of hydrogen-bond donors (Lipinski definition) is 1. The van der Waals surface area contributed by atoms with E-state index < -0.39 is 0 Å². The van der Waals surface area contributed by atoms with Gasteiger partial charge in [-0.2, -0.15) is 0 Å². The monoisotopic (exact) mass is 345 g/mol. The van der Waals surface area contributed by atoms with Crippen molar-refractivity contribution in [2.75, 3.05) is 11.9 Å². The predicted molar refractivity (Wildman–Crippen MR) is 96.3 cm³/mol. The second kappa shape index (κ2) is 8.24. The first-order valence-corrected chi connectivity index (χ1v) is 9.45. The topological polar surface area (TPSA) is 64.1 Å². The zero-order valence-corrected chi connectivity index (χ0v) is 14.8. The van der Waals surface area contributed by atoms with Gasteiger partial charge in [-0.1, -0.05) is 49.7 Å². The van der Waals surface area contributed by atoms with Gasteiger partial charge in [-0.25, -0.2) is 0 Å². The Bertz CT molecular complexity index is 680. The van der Waals surface area contributed by atoms with Gasteiger partial charge in [0.15, 0.2) is 0 Å². The van der Waals surface area contributed by atoms with Crippen molar-refractivity contribution in [2.45, 2.75) is 45.4 Å². The summed E-state index contributed by atoms with van der Waals surface area (Å²) in [5, 5.41) is 12.6. The fourth-order valence-electron chi connectivity index (χ4n) is 2.90. The van der Waals surface area contributed by atoms with Crippen molar-refractivity contribution in [1.82, 2.24) is 10.2 Å². The minimum Gasteiger partial charge on any atom is -0.494 e. The first kappa shape index (κ1) is 16.9. The highest BCUT2D eigenvalue weighted by atomic mass is 32.1. The molecule has 0 atom stereocenters. The zero-order valence-electron chi connectivity index (χ0n) is 14.0. The Balaban J connectivity index is 1.65. The van der Waals surface area contributed by atoms with Crippen molar-refractivity contribution in [3.8, 4) is 16.3 Å². The zero-order chi connectivity index (χ0) is 16.8. The first-order valence-electron chi connectivity index (χ1n) is 8.64. The van der Waals surface area contributed by atoms with Gasteiger partial charge in [0.25, 0.3) is 0 Å². The Morgan fingerprint density at radius 3 is 2.92 bits per heavy atom. The number of nitrogens with zero attached hydrogens (tertiary/aromatic N) is 2. The van der Waals surface area contributed by atoms with Crippen molar-refractivity contribution in [3.05, 3.63) is 24.3 Å². The molecule has 1 aromatic carbocycles. The van der Waals surface area contributed by atoms with Gasteiger partial charge in [0, 0.05) is 11.5 Å². The van der Waals surface area contributed by atoms with Gasteiger partial charge >= 0.3 is 0 Å². The summed E-state index contributed by atoms with van der Waals surface area (Å²) in [5.74, 6) is 1.03. The summed E-state index contributed by atoms with van der Waals surface area (Å²) >= 11 is 1.40. The molecule has 1 heterocycles. The highest BCUT2D eigenvalue weighted by Crippen LogP contribution is 2.30. The van der Waals surface area contributed by atoms with E-state index in [9.17, 15) is 4.79 Å². The van der Waals surface area contributed by atoms with Gasteiger partial charge in [0.1, 0.15) is 10.8 Å². The number of anilines is 1. The molecule has 6 heteroatoms. The average Bonchev–Trinajstić information content (AvgIpc) is 3.09. The van der Waals surface area contributed by atoms with E-state index in [0.717, 1.165) is 48.4 Å². The van der Waals surface area contributed by atoms with Crippen molar-refractivity contribution >= 4 is 22.4 Å². The number of nitrogens with one attached hydrogen (secondary N) is 1. The summed E-state index contributed by atoms with van der Waals surface area (Å²) in [5.41, 5.74) is 0.958. The van der Waals surface area contributed by atoms with Crippen LogP contribution in [0.1, 0.15) is 45.4 Å². The molecule has 0 bridgehead atoms. The van der Waals surface area contributed by atoms with Gasteiger partial charge in [0.2, 0.25) is 11.0 Å². The Hall–Kier alpha value is -1.95. The van der Waals surface area contributed by atoms with Gasteiger partial charge in [-0.05, 0) is 31.4 Å². The van der Waals surface area contributed by atoms with E-state index in [-0.39, 0.29) is 11.8 Å². The Kier molecular flexibility index (Phi) is 5.80. The standard InChI is InChI=1S/C18H23N3O2S/c1-2-11-23-15-10-6-9-14(12-15)17-20-21-18(24-17)19-16(22)13-7-4-3-5-8-13/h6,9-10,12-13H,2-5,7-8,11H2,1H3,(H,19,21,22). The number of rotatable bonds is 6. The first-order chi connectivity index (χ1) is 11.8. The molecule has 0 aliphatic heterocycles. The van der Waals surface area contributed by atoms with Crippen LogP contribution in [0.5, 0.6) is 5.75 Å².